The largest absolute Gasteiger partial charge is 0.335 e. The van der Waals surface area contributed by atoms with Crippen molar-refractivity contribution in [3.05, 3.63) is 337 Å². The molecule has 26 heteroatoms. The first-order valence-electron chi connectivity index (χ1n) is 48.0. The Bertz CT molecular complexity index is 5690. The Kier molecular flexibility index (Phi) is 50.9. The summed E-state index contributed by atoms with van der Waals surface area (Å²) in [4.78, 5) is 113. The van der Waals surface area contributed by atoms with E-state index in [9.17, 15) is 51.9 Å². The number of ketones is 8. The number of likely N-dealkylation sites (N-methyl/N-ethyl adjacent to an activating group) is 8. The van der Waals surface area contributed by atoms with Crippen molar-refractivity contribution in [3.63, 3.8) is 0 Å². The van der Waals surface area contributed by atoms with Crippen LogP contribution in [0.25, 0.3) is 22.3 Å². The van der Waals surface area contributed by atoms with E-state index in [0.29, 0.717) is 44.5 Å². The Morgan fingerprint density at radius 1 is 0.364 bits per heavy atom. The molecule has 23 nitrogen and oxygen atoms in total. The Labute approximate surface area is 830 Å². The van der Waals surface area contributed by atoms with E-state index in [1.165, 1.54) is 79.8 Å². The molecule has 0 fully saturated rings. The molecule has 8 aromatic carbocycles. The SMILES string of the molecule is CCOP(=O)(Cc1ccc(C[C@H](NC)C(C)=O)cc1)OCC.CNC(CC1=CCc2c(C)cccc21)C(C)=O.CNC(CC1=CCc2cc(F)ccc21)C(C)=O.CNC(CC1=CCc2ccc(C)cc21)C(C)=O.CNC(CC1=CCc2cccc(C)c21)C(C)=O.CN[C@@H](Cc1ccc(CP(=O)(O)O)cc1)C(C)=O.CN[C@@H](Cc1cccnc1)C(C)=O.CN[C@H](C(C)=O)C(c1ccccc1)c1ccccc1. The van der Waals surface area contributed by atoms with E-state index in [1.54, 1.807) is 139 Å². The summed E-state index contributed by atoms with van der Waals surface area (Å²) in [5.74, 6) is 1.08. The molecule has 0 spiro atoms. The van der Waals surface area contributed by atoms with Crippen molar-refractivity contribution >= 4 is 83.7 Å². The van der Waals surface area contributed by atoms with Gasteiger partial charge >= 0.3 is 15.2 Å². The molecule has 4 unspecified atom stereocenters. The third-order valence-electron chi connectivity index (χ3n) is 25.2. The molecular weight excluding hydrogens is 1800 g/mol. The first kappa shape index (κ1) is 118. The lowest BCUT2D eigenvalue weighted by molar-refractivity contribution is -0.119. The number of nitrogens with zero attached hydrogens (tertiary/aromatic N) is 1. The summed E-state index contributed by atoms with van der Waals surface area (Å²) in [6.07, 6.45) is 21.1. The number of carbonyl (C=O) groups is 8. The highest BCUT2D eigenvalue weighted by Crippen LogP contribution is 2.51. The molecule has 0 radical (unpaired) electrons. The van der Waals surface area contributed by atoms with Crippen LogP contribution in [0, 0.1) is 26.6 Å². The van der Waals surface area contributed by atoms with Crippen molar-refractivity contribution < 1.29 is 70.7 Å². The number of hydrogen-bond donors (Lipinski definition) is 10. The number of carbonyl (C=O) groups excluding carboxylic acids is 8. The van der Waals surface area contributed by atoms with Crippen LogP contribution in [0.4, 0.5) is 4.39 Å². The molecule has 10 N–H and O–H groups in total. The number of hydrogen-bond acceptors (Lipinski definition) is 21. The molecule has 0 aliphatic heterocycles. The topological polar surface area (TPSA) is 339 Å². The molecule has 4 aliphatic carbocycles. The van der Waals surface area contributed by atoms with E-state index in [1.807, 2.05) is 101 Å². The molecule has 1 heterocycles. The fourth-order valence-electron chi connectivity index (χ4n) is 17.3. The molecule has 0 bridgehead atoms. The minimum atomic E-state index is -4.02. The fourth-order valence-corrected chi connectivity index (χ4v) is 19.7. The predicted molar refractivity (Wildman–Crippen MR) is 567 cm³/mol. The Balaban J connectivity index is 0.000000246. The highest BCUT2D eigenvalue weighted by atomic mass is 31.2. The van der Waals surface area contributed by atoms with Gasteiger partial charge < -0.3 is 61.4 Å². The third-order valence-corrected chi connectivity index (χ3v) is 28.0. The third kappa shape index (κ3) is 38.5. The summed E-state index contributed by atoms with van der Waals surface area (Å²) in [6, 6.07) is 62.0. The second-order valence-corrected chi connectivity index (χ2v) is 39.3. The van der Waals surface area contributed by atoms with Crippen molar-refractivity contribution in [2.75, 3.05) is 69.6 Å². The van der Waals surface area contributed by atoms with Crippen LogP contribution in [-0.4, -0.2) is 179 Å². The standard InChI is InChI=1S/C17H19NO.C16H26NO4P.3C15H19NO.C14H16FNO.C12H18NO4P.C10H14N2O/c1-13(19)17(18-2)16(14-9-5-3-6-10-14)15-11-7-4-8-12-15;1-5-20-22(19,21-6-2)12-15-9-7-14(8-10-15)11-16(17-4)13(3)18;1-10-4-5-12-6-7-13(14(12)8-10)9-15(16-3)11(2)17;1-10-5-4-6-14-12(7-8-13(10)14)9-15(16-3)11(2)17;1-10-5-4-6-12-7-8-13(15(10)12)9-14(16-3)11(2)17;1-9(17)14(16-2)8-11-4-3-10-7-12(15)5-6-13(10)11;1-9(14)12(13-2)7-10-3-5-11(6-4-10)8-18(15,16)17;1-8(13)10(11-2)6-9-4-3-5-12-7-9/h3-12,16-18H,1-2H3;7-10,16-17H,5-6,11-12H2,1-4H3;4-5,7-8,15-16H,6,9H2,1-3H3;4-7,15-16H,8-9H2,1-3H3;4-6,8,14,16H,7,9H2,1-3H3;4-7,14,16H,3,8H2,1-2H3;3-6,12-13H,7-8H2,1-2H3,(H2,15,16,17);3-5,7,10-11H,6H2,1-2H3/t17-;16-;;;;;12-;10-/m10....00/s1. The first-order valence-corrected chi connectivity index (χ1v) is 51.6. The number of aryl methyl sites for hydroxylation is 3. The summed E-state index contributed by atoms with van der Waals surface area (Å²) in [5, 5.41) is 24.3. The summed E-state index contributed by atoms with van der Waals surface area (Å²) in [5.41, 5.74) is 26.2. The van der Waals surface area contributed by atoms with Gasteiger partial charge in [-0.1, -0.05) is 206 Å². The number of halogens is 1. The van der Waals surface area contributed by atoms with Crippen molar-refractivity contribution in [3.8, 4) is 0 Å². The normalized spacial score (nSPS) is 14.1. The van der Waals surface area contributed by atoms with Crippen LogP contribution in [0.15, 0.2) is 231 Å². The summed E-state index contributed by atoms with van der Waals surface area (Å²) < 4.78 is 47.0. The minimum absolute atomic E-state index is 0.0462. The predicted octanol–water partition coefficient (Wildman–Crippen LogP) is 17.9. The molecule has 4 aliphatic rings. The summed E-state index contributed by atoms with van der Waals surface area (Å²) in [7, 11) is 7.38. The smallest absolute Gasteiger partial charge is 0.324 e. The minimum Gasteiger partial charge on any atom is -0.324 e. The molecule has 1 aromatic heterocycles. The quantitative estimate of drug-likeness (QED) is 0.0159. The number of benzene rings is 8. The highest BCUT2D eigenvalue weighted by molar-refractivity contribution is 7.53. The van der Waals surface area contributed by atoms with Gasteiger partial charge in [-0.05, 0) is 352 Å². The van der Waals surface area contributed by atoms with Gasteiger partial charge in [0, 0.05) is 18.3 Å². The van der Waals surface area contributed by atoms with Crippen LogP contribution in [0.1, 0.15) is 201 Å². The number of pyridine rings is 1. The van der Waals surface area contributed by atoms with E-state index < -0.39 is 15.2 Å². The van der Waals surface area contributed by atoms with Crippen LogP contribution < -0.4 is 42.5 Å². The Morgan fingerprint density at radius 2 is 0.757 bits per heavy atom. The zero-order valence-corrected chi connectivity index (χ0v) is 87.5. The van der Waals surface area contributed by atoms with Gasteiger partial charge in [0.2, 0.25) is 0 Å². The maximum Gasteiger partial charge on any atom is 0.335 e. The van der Waals surface area contributed by atoms with Gasteiger partial charge in [-0.25, -0.2) is 4.39 Å². The summed E-state index contributed by atoms with van der Waals surface area (Å²) in [6.45, 7) is 23.6. The first-order chi connectivity index (χ1) is 66.7. The molecule has 13 rings (SSSR count). The van der Waals surface area contributed by atoms with Crippen LogP contribution in [0.2, 0.25) is 0 Å². The van der Waals surface area contributed by atoms with Crippen molar-refractivity contribution in [1.29, 1.82) is 0 Å². The van der Waals surface area contributed by atoms with Crippen molar-refractivity contribution in [2.24, 2.45) is 0 Å². The van der Waals surface area contributed by atoms with Crippen LogP contribution in [0.5, 0.6) is 0 Å². The maximum atomic E-state index is 13.1. The average Bonchev–Trinajstić information content (AvgIpc) is 1.47. The number of Topliss-reactive ketones (excluding diaryl/α,β-unsaturated/α-hetero) is 8. The van der Waals surface area contributed by atoms with E-state index in [0.717, 1.165) is 95.0 Å². The van der Waals surface area contributed by atoms with E-state index in [4.69, 9.17) is 18.8 Å². The number of nitrogens with one attached hydrogen (secondary N) is 8. The van der Waals surface area contributed by atoms with Crippen molar-refractivity contribution in [2.45, 2.75) is 227 Å². The zero-order chi connectivity index (χ0) is 103. The molecule has 8 atom stereocenters. The number of fused-ring (bicyclic) bond motifs is 4. The van der Waals surface area contributed by atoms with E-state index in [-0.39, 0.29) is 119 Å². The molecule has 140 heavy (non-hydrogen) atoms. The van der Waals surface area contributed by atoms with E-state index >= 15 is 0 Å². The lowest BCUT2D eigenvalue weighted by Crippen LogP contribution is -2.38. The van der Waals surface area contributed by atoms with Gasteiger partial charge in [0.15, 0.2) is 0 Å². The van der Waals surface area contributed by atoms with Crippen LogP contribution in [0.3, 0.4) is 0 Å². The Morgan fingerprint density at radius 3 is 1.19 bits per heavy atom. The average molecular weight is 1950 g/mol. The van der Waals surface area contributed by atoms with Crippen LogP contribution >= 0.6 is 15.2 Å². The van der Waals surface area contributed by atoms with Crippen LogP contribution in [-0.2, 0) is 114 Å². The van der Waals surface area contributed by atoms with Crippen molar-refractivity contribution in [1.82, 2.24) is 47.5 Å². The lowest BCUT2D eigenvalue weighted by Gasteiger charge is -2.26. The molecular formula is C114H150FN9O14P2. The van der Waals surface area contributed by atoms with E-state index in [2.05, 4.69) is 171 Å². The maximum absolute atomic E-state index is 13.1. The van der Waals surface area contributed by atoms with Gasteiger partial charge in [0.05, 0.1) is 73.9 Å². The second-order valence-electron chi connectivity index (χ2n) is 35.6. The second kappa shape index (κ2) is 60.4. The van der Waals surface area contributed by atoms with Gasteiger partial charge in [-0.2, -0.15) is 0 Å². The lowest BCUT2D eigenvalue weighted by atomic mass is 9.83. The molecule has 0 saturated heterocycles. The number of rotatable bonds is 41. The number of aromatic nitrogens is 1. The fraction of sp³-hybridized carbons (Fsp3) is 0.395. The van der Waals surface area contributed by atoms with Gasteiger partial charge in [0.1, 0.15) is 52.1 Å². The Hall–Kier alpha value is -10.9. The number of allylic oxidation sites excluding steroid dienone is 4. The van der Waals surface area contributed by atoms with Gasteiger partial charge in [0.25, 0.3) is 0 Å². The van der Waals surface area contributed by atoms with Gasteiger partial charge in [-0.15, -0.1) is 0 Å². The van der Waals surface area contributed by atoms with Gasteiger partial charge in [-0.3, -0.25) is 52.5 Å². The molecule has 9 aromatic rings. The zero-order valence-electron chi connectivity index (χ0n) is 85.8. The molecule has 0 amide bonds. The summed E-state index contributed by atoms with van der Waals surface area (Å²) >= 11 is 0. The molecule has 752 valence electrons. The molecule has 0 saturated carbocycles. The highest BCUT2D eigenvalue weighted by Gasteiger charge is 2.30. The monoisotopic (exact) mass is 1950 g/mol.